The summed E-state index contributed by atoms with van der Waals surface area (Å²) in [6.07, 6.45) is 1.09. The molecule has 0 aromatic rings. The Bertz CT molecular complexity index is 255. The average molecular weight is 240 g/mol. The summed E-state index contributed by atoms with van der Waals surface area (Å²) < 4.78 is 0. The molecule has 0 aliphatic carbocycles. The molecule has 0 radical (unpaired) electrons. The van der Waals surface area contributed by atoms with Crippen LogP contribution in [0.2, 0.25) is 0 Å². The number of rotatable bonds is 4. The highest BCUT2D eigenvalue weighted by Gasteiger charge is 2.38. The van der Waals surface area contributed by atoms with Crippen molar-refractivity contribution in [2.75, 3.05) is 13.1 Å². The van der Waals surface area contributed by atoms with E-state index in [4.69, 9.17) is 5.73 Å². The van der Waals surface area contributed by atoms with E-state index >= 15 is 0 Å². The van der Waals surface area contributed by atoms with E-state index < -0.39 is 0 Å². The Kier molecular flexibility index (Phi) is 4.99. The van der Waals surface area contributed by atoms with Crippen molar-refractivity contribution in [1.29, 1.82) is 0 Å². The van der Waals surface area contributed by atoms with Crippen LogP contribution in [0.3, 0.4) is 0 Å². The molecule has 2 atom stereocenters. The Morgan fingerprint density at radius 1 is 1.29 bits per heavy atom. The minimum Gasteiger partial charge on any atom is -0.338 e. The Morgan fingerprint density at radius 2 is 1.82 bits per heavy atom. The number of likely N-dealkylation sites (tertiary alicyclic amines) is 1. The second kappa shape index (κ2) is 5.85. The Labute approximate surface area is 106 Å². The lowest BCUT2D eigenvalue weighted by Crippen LogP contribution is -2.47. The molecule has 0 bridgehead atoms. The smallest absolute Gasteiger partial charge is 0.226 e. The minimum atomic E-state index is 0.134. The Hall–Kier alpha value is -0.570. The fourth-order valence-electron chi connectivity index (χ4n) is 3.17. The van der Waals surface area contributed by atoms with Gasteiger partial charge in [0.1, 0.15) is 0 Å². The lowest BCUT2D eigenvalue weighted by molar-refractivity contribution is -0.139. The van der Waals surface area contributed by atoms with E-state index in [1.54, 1.807) is 0 Å². The van der Waals surface area contributed by atoms with Gasteiger partial charge in [-0.15, -0.1) is 0 Å². The van der Waals surface area contributed by atoms with Gasteiger partial charge in [-0.3, -0.25) is 4.79 Å². The second-order valence-electron chi connectivity index (χ2n) is 6.11. The molecule has 1 saturated heterocycles. The standard InChI is InChI=1S/C14H28N2O/c1-9(2)13(10(3)4)14(17)16-7-6-11(5)12(16)8-15/h9-13H,6-8,15H2,1-5H3. The first-order valence-corrected chi connectivity index (χ1v) is 6.90. The van der Waals surface area contributed by atoms with Gasteiger partial charge in [0.2, 0.25) is 5.91 Å². The quantitative estimate of drug-likeness (QED) is 0.818. The zero-order valence-corrected chi connectivity index (χ0v) is 11.9. The van der Waals surface area contributed by atoms with Gasteiger partial charge in [0.25, 0.3) is 0 Å². The van der Waals surface area contributed by atoms with Crippen LogP contribution in [-0.2, 0) is 4.79 Å². The predicted octanol–water partition coefficient (Wildman–Crippen LogP) is 2.11. The van der Waals surface area contributed by atoms with Crippen LogP contribution in [0.5, 0.6) is 0 Å². The number of hydrogen-bond donors (Lipinski definition) is 1. The van der Waals surface area contributed by atoms with Crippen molar-refractivity contribution >= 4 is 5.91 Å². The number of nitrogens with zero attached hydrogens (tertiary/aromatic N) is 1. The maximum absolute atomic E-state index is 12.6. The molecule has 0 aromatic heterocycles. The number of amides is 1. The first-order valence-electron chi connectivity index (χ1n) is 6.90. The van der Waals surface area contributed by atoms with Crippen molar-refractivity contribution in [1.82, 2.24) is 4.90 Å². The highest BCUT2D eigenvalue weighted by molar-refractivity contribution is 5.80. The van der Waals surface area contributed by atoms with E-state index in [1.165, 1.54) is 0 Å². The summed E-state index contributed by atoms with van der Waals surface area (Å²) in [5.74, 6) is 1.79. The molecule has 0 saturated carbocycles. The summed E-state index contributed by atoms with van der Waals surface area (Å²) >= 11 is 0. The van der Waals surface area contributed by atoms with Gasteiger partial charge in [-0.25, -0.2) is 0 Å². The zero-order chi connectivity index (χ0) is 13.2. The van der Waals surface area contributed by atoms with E-state index in [0.717, 1.165) is 13.0 Å². The summed E-state index contributed by atoms with van der Waals surface area (Å²) in [7, 11) is 0. The molecule has 2 N–H and O–H groups in total. The summed E-state index contributed by atoms with van der Waals surface area (Å²) in [5.41, 5.74) is 5.81. The van der Waals surface area contributed by atoms with Crippen LogP contribution in [0, 0.1) is 23.7 Å². The maximum Gasteiger partial charge on any atom is 0.226 e. The molecule has 3 heteroatoms. The molecule has 2 unspecified atom stereocenters. The Balaban J connectivity index is 2.81. The highest BCUT2D eigenvalue weighted by atomic mass is 16.2. The molecule has 0 spiro atoms. The van der Waals surface area contributed by atoms with E-state index in [1.807, 2.05) is 4.90 Å². The van der Waals surface area contributed by atoms with Crippen LogP contribution in [0.4, 0.5) is 0 Å². The normalized spacial score (nSPS) is 25.4. The van der Waals surface area contributed by atoms with Gasteiger partial charge in [0.15, 0.2) is 0 Å². The third-order valence-electron chi connectivity index (χ3n) is 4.13. The zero-order valence-electron chi connectivity index (χ0n) is 11.9. The van der Waals surface area contributed by atoms with Crippen molar-refractivity contribution in [3.8, 4) is 0 Å². The number of carbonyl (C=O) groups is 1. The predicted molar refractivity (Wildman–Crippen MR) is 71.5 cm³/mol. The van der Waals surface area contributed by atoms with Gasteiger partial charge in [-0.1, -0.05) is 34.6 Å². The maximum atomic E-state index is 12.6. The minimum absolute atomic E-state index is 0.134. The van der Waals surface area contributed by atoms with E-state index in [0.29, 0.717) is 30.2 Å². The molecule has 3 nitrogen and oxygen atoms in total. The Morgan fingerprint density at radius 3 is 2.24 bits per heavy atom. The first-order chi connectivity index (χ1) is 7.90. The van der Waals surface area contributed by atoms with Gasteiger partial charge in [-0.05, 0) is 24.2 Å². The molecule has 1 rings (SSSR count). The van der Waals surface area contributed by atoms with E-state index in [9.17, 15) is 4.79 Å². The van der Waals surface area contributed by atoms with Crippen molar-refractivity contribution in [3.05, 3.63) is 0 Å². The summed E-state index contributed by atoms with van der Waals surface area (Å²) in [6.45, 7) is 12.2. The van der Waals surface area contributed by atoms with Crippen LogP contribution in [0.25, 0.3) is 0 Å². The van der Waals surface area contributed by atoms with Gasteiger partial charge >= 0.3 is 0 Å². The topological polar surface area (TPSA) is 46.3 Å². The SMILES string of the molecule is CC(C)C(C(=O)N1CCC(C)C1CN)C(C)C. The van der Waals surface area contributed by atoms with Crippen LogP contribution >= 0.6 is 0 Å². The summed E-state index contributed by atoms with van der Waals surface area (Å²) in [4.78, 5) is 14.7. The number of carbonyl (C=O) groups excluding carboxylic acids is 1. The second-order valence-corrected chi connectivity index (χ2v) is 6.11. The molecular formula is C14H28N2O. The van der Waals surface area contributed by atoms with Gasteiger partial charge in [-0.2, -0.15) is 0 Å². The fourth-order valence-corrected chi connectivity index (χ4v) is 3.17. The molecule has 1 heterocycles. The van der Waals surface area contributed by atoms with Gasteiger partial charge < -0.3 is 10.6 Å². The lowest BCUT2D eigenvalue weighted by atomic mass is 9.84. The number of nitrogens with two attached hydrogens (primary N) is 1. The molecule has 100 valence electrons. The third-order valence-corrected chi connectivity index (χ3v) is 4.13. The number of hydrogen-bond acceptors (Lipinski definition) is 2. The van der Waals surface area contributed by atoms with Crippen LogP contribution in [-0.4, -0.2) is 29.9 Å². The third kappa shape index (κ3) is 3.01. The molecule has 1 fully saturated rings. The van der Waals surface area contributed by atoms with Gasteiger partial charge in [0.05, 0.1) is 0 Å². The van der Waals surface area contributed by atoms with Crippen molar-refractivity contribution in [3.63, 3.8) is 0 Å². The molecule has 1 aliphatic heterocycles. The van der Waals surface area contributed by atoms with Crippen molar-refractivity contribution < 1.29 is 4.79 Å². The van der Waals surface area contributed by atoms with E-state index in [-0.39, 0.29) is 12.0 Å². The summed E-state index contributed by atoms with van der Waals surface area (Å²) in [5, 5.41) is 0. The van der Waals surface area contributed by atoms with Crippen LogP contribution < -0.4 is 5.73 Å². The summed E-state index contributed by atoms with van der Waals surface area (Å²) in [6, 6.07) is 0.252. The van der Waals surface area contributed by atoms with Gasteiger partial charge in [0, 0.05) is 25.0 Å². The van der Waals surface area contributed by atoms with Crippen molar-refractivity contribution in [2.45, 2.75) is 47.1 Å². The van der Waals surface area contributed by atoms with Crippen molar-refractivity contribution in [2.24, 2.45) is 29.4 Å². The first kappa shape index (κ1) is 14.5. The lowest BCUT2D eigenvalue weighted by Gasteiger charge is -2.33. The molecule has 1 amide bonds. The molecule has 17 heavy (non-hydrogen) atoms. The van der Waals surface area contributed by atoms with Crippen LogP contribution in [0.15, 0.2) is 0 Å². The largest absolute Gasteiger partial charge is 0.338 e. The molecule has 1 aliphatic rings. The molecule has 0 aromatic carbocycles. The monoisotopic (exact) mass is 240 g/mol. The highest BCUT2D eigenvalue weighted by Crippen LogP contribution is 2.29. The van der Waals surface area contributed by atoms with E-state index in [2.05, 4.69) is 34.6 Å². The fraction of sp³-hybridized carbons (Fsp3) is 0.929. The van der Waals surface area contributed by atoms with Crippen LogP contribution in [0.1, 0.15) is 41.0 Å². The molecular weight excluding hydrogens is 212 g/mol. The average Bonchev–Trinajstić information content (AvgIpc) is 2.58.